The van der Waals surface area contributed by atoms with Crippen LogP contribution in [-0.2, 0) is 6.54 Å². The van der Waals surface area contributed by atoms with Crippen LogP contribution in [0.3, 0.4) is 0 Å². The van der Waals surface area contributed by atoms with Crippen LogP contribution in [0.2, 0.25) is 0 Å². The molecule has 0 fully saturated rings. The number of rotatable bonds is 7. The monoisotopic (exact) mass is 391 g/mol. The second-order valence-electron chi connectivity index (χ2n) is 6.31. The molecule has 2 N–H and O–H groups in total. The molecule has 4 aromatic rings. The lowest BCUT2D eigenvalue weighted by molar-refractivity contribution is 0.288. The molecule has 2 heterocycles. The van der Waals surface area contributed by atoms with Crippen LogP contribution >= 0.6 is 0 Å². The molecule has 0 saturated carbocycles. The normalized spacial score (nSPS) is 11.0. The van der Waals surface area contributed by atoms with Crippen molar-refractivity contribution in [2.75, 3.05) is 18.9 Å². The van der Waals surface area contributed by atoms with Crippen LogP contribution in [0.25, 0.3) is 22.4 Å². The number of tetrazole rings is 1. The van der Waals surface area contributed by atoms with Gasteiger partial charge >= 0.3 is 0 Å². The van der Waals surface area contributed by atoms with Gasteiger partial charge in [0.15, 0.2) is 11.5 Å². The summed E-state index contributed by atoms with van der Waals surface area (Å²) in [6.07, 6.45) is 1.49. The zero-order valence-electron chi connectivity index (χ0n) is 16.2. The lowest BCUT2D eigenvalue weighted by Gasteiger charge is -2.13. The molecule has 0 radical (unpaired) electrons. The lowest BCUT2D eigenvalue weighted by atomic mass is 10.1. The van der Waals surface area contributed by atoms with Crippen LogP contribution in [0, 0.1) is 0 Å². The third-order valence-electron chi connectivity index (χ3n) is 4.33. The average Bonchev–Trinajstić information content (AvgIpc) is 3.16. The van der Waals surface area contributed by atoms with Crippen LogP contribution in [0.5, 0.6) is 11.5 Å². The van der Waals surface area contributed by atoms with E-state index in [0.29, 0.717) is 48.5 Å². The van der Waals surface area contributed by atoms with E-state index in [2.05, 4.69) is 25.5 Å². The van der Waals surface area contributed by atoms with E-state index in [1.165, 1.54) is 6.33 Å². The number of benzene rings is 2. The fourth-order valence-corrected chi connectivity index (χ4v) is 3.12. The summed E-state index contributed by atoms with van der Waals surface area (Å²) in [5.74, 6) is 1.81. The third kappa shape index (κ3) is 3.79. The molecule has 0 aliphatic rings. The molecule has 148 valence electrons. The highest BCUT2D eigenvalue weighted by atomic mass is 16.5. The SMILES string of the molecule is CCOc1cc2ncnc(-c3nnnn3Cc3cccc(N)c3)c2cc1OCC. The molecule has 0 atom stereocenters. The number of nitrogens with zero attached hydrogens (tertiary/aromatic N) is 6. The van der Waals surface area contributed by atoms with Crippen molar-refractivity contribution in [1.29, 1.82) is 0 Å². The van der Waals surface area contributed by atoms with Gasteiger partial charge in [-0.15, -0.1) is 5.10 Å². The van der Waals surface area contributed by atoms with Gasteiger partial charge in [-0.25, -0.2) is 14.6 Å². The highest BCUT2D eigenvalue weighted by Crippen LogP contribution is 2.35. The molecule has 2 aromatic heterocycles. The van der Waals surface area contributed by atoms with Crippen molar-refractivity contribution in [3.05, 3.63) is 48.3 Å². The number of anilines is 1. The second-order valence-corrected chi connectivity index (χ2v) is 6.31. The summed E-state index contributed by atoms with van der Waals surface area (Å²) in [4.78, 5) is 8.83. The van der Waals surface area contributed by atoms with Crippen molar-refractivity contribution in [2.45, 2.75) is 20.4 Å². The third-order valence-corrected chi connectivity index (χ3v) is 4.33. The molecule has 0 bridgehead atoms. The number of aromatic nitrogens is 6. The summed E-state index contributed by atoms with van der Waals surface area (Å²) < 4.78 is 13.1. The smallest absolute Gasteiger partial charge is 0.201 e. The maximum atomic E-state index is 5.89. The highest BCUT2D eigenvalue weighted by molar-refractivity contribution is 5.92. The lowest BCUT2D eigenvalue weighted by Crippen LogP contribution is -2.06. The van der Waals surface area contributed by atoms with Gasteiger partial charge < -0.3 is 15.2 Å². The molecular formula is C20H21N7O2. The van der Waals surface area contributed by atoms with E-state index in [9.17, 15) is 0 Å². The molecule has 2 aromatic carbocycles. The maximum Gasteiger partial charge on any atom is 0.201 e. The number of nitrogens with two attached hydrogens (primary N) is 1. The van der Waals surface area contributed by atoms with Gasteiger partial charge in [0.05, 0.1) is 25.3 Å². The number of nitrogen functional groups attached to an aromatic ring is 1. The Morgan fingerprint density at radius 3 is 2.55 bits per heavy atom. The van der Waals surface area contributed by atoms with Crippen LogP contribution in [0.1, 0.15) is 19.4 Å². The van der Waals surface area contributed by atoms with E-state index in [1.54, 1.807) is 4.68 Å². The molecule has 0 amide bonds. The number of hydrogen-bond acceptors (Lipinski definition) is 8. The zero-order chi connectivity index (χ0) is 20.2. The fraction of sp³-hybridized carbons (Fsp3) is 0.250. The number of ether oxygens (including phenoxy) is 2. The molecule has 9 nitrogen and oxygen atoms in total. The zero-order valence-corrected chi connectivity index (χ0v) is 16.2. The first-order chi connectivity index (χ1) is 14.2. The van der Waals surface area contributed by atoms with Gasteiger partial charge in [-0.3, -0.25) is 0 Å². The quantitative estimate of drug-likeness (QED) is 0.478. The number of hydrogen-bond donors (Lipinski definition) is 1. The molecule has 0 aliphatic carbocycles. The van der Waals surface area contributed by atoms with Crippen LogP contribution in [0.15, 0.2) is 42.7 Å². The molecule has 0 saturated heterocycles. The minimum atomic E-state index is 0.466. The summed E-state index contributed by atoms with van der Waals surface area (Å²) in [6.45, 7) is 5.36. The second kappa shape index (κ2) is 8.09. The summed E-state index contributed by atoms with van der Waals surface area (Å²) in [7, 11) is 0. The first-order valence-electron chi connectivity index (χ1n) is 9.35. The van der Waals surface area contributed by atoms with Crippen LogP contribution in [-0.4, -0.2) is 43.4 Å². The van der Waals surface area contributed by atoms with Crippen molar-refractivity contribution < 1.29 is 9.47 Å². The molecule has 4 rings (SSSR count). The summed E-state index contributed by atoms with van der Waals surface area (Å²) in [5, 5.41) is 13.0. The van der Waals surface area contributed by atoms with E-state index in [0.717, 1.165) is 16.5 Å². The Labute approximate surface area is 167 Å². The Morgan fingerprint density at radius 2 is 1.79 bits per heavy atom. The van der Waals surface area contributed by atoms with E-state index in [4.69, 9.17) is 15.2 Å². The standard InChI is InChI=1S/C20H21N7O2/c1-3-28-17-9-15-16(10-18(17)29-4-2)22-12-23-19(15)20-24-25-26-27(20)11-13-6-5-7-14(21)8-13/h5-10,12H,3-4,11,21H2,1-2H3. The topological polar surface area (TPSA) is 114 Å². The molecule has 0 unspecified atom stereocenters. The van der Waals surface area contributed by atoms with Gasteiger partial charge in [-0.05, 0) is 48.0 Å². The van der Waals surface area contributed by atoms with E-state index in [-0.39, 0.29) is 0 Å². The van der Waals surface area contributed by atoms with Crippen molar-refractivity contribution in [3.63, 3.8) is 0 Å². The molecular weight excluding hydrogens is 370 g/mol. The molecule has 9 heteroatoms. The Kier molecular flexibility index (Phi) is 5.19. The molecule has 0 aliphatic heterocycles. The Morgan fingerprint density at radius 1 is 1.00 bits per heavy atom. The summed E-state index contributed by atoms with van der Waals surface area (Å²) in [5.41, 5.74) is 8.91. The fourth-order valence-electron chi connectivity index (χ4n) is 3.12. The van der Waals surface area contributed by atoms with E-state index >= 15 is 0 Å². The Balaban J connectivity index is 1.80. The van der Waals surface area contributed by atoms with Crippen LogP contribution < -0.4 is 15.2 Å². The molecule has 0 spiro atoms. The van der Waals surface area contributed by atoms with Gasteiger partial charge in [-0.1, -0.05) is 12.1 Å². The Bertz CT molecular complexity index is 1140. The van der Waals surface area contributed by atoms with Crippen molar-refractivity contribution in [2.24, 2.45) is 0 Å². The summed E-state index contributed by atoms with van der Waals surface area (Å²) in [6, 6.07) is 11.3. The first-order valence-corrected chi connectivity index (χ1v) is 9.35. The van der Waals surface area contributed by atoms with Gasteiger partial charge in [0, 0.05) is 17.1 Å². The van der Waals surface area contributed by atoms with Crippen LogP contribution in [0.4, 0.5) is 5.69 Å². The van der Waals surface area contributed by atoms with Crippen molar-refractivity contribution in [3.8, 4) is 23.0 Å². The Hall–Kier alpha value is -3.75. The van der Waals surface area contributed by atoms with Crippen molar-refractivity contribution >= 4 is 16.6 Å². The largest absolute Gasteiger partial charge is 0.490 e. The predicted molar refractivity (Wildman–Crippen MR) is 109 cm³/mol. The van der Waals surface area contributed by atoms with Gasteiger partial charge in [0.2, 0.25) is 5.82 Å². The van der Waals surface area contributed by atoms with Gasteiger partial charge in [0.25, 0.3) is 0 Å². The van der Waals surface area contributed by atoms with E-state index < -0.39 is 0 Å². The van der Waals surface area contributed by atoms with E-state index in [1.807, 2.05) is 50.2 Å². The van der Waals surface area contributed by atoms with Gasteiger partial charge in [-0.2, -0.15) is 0 Å². The number of fused-ring (bicyclic) bond motifs is 1. The molecule has 29 heavy (non-hydrogen) atoms. The van der Waals surface area contributed by atoms with Gasteiger partial charge in [0.1, 0.15) is 12.0 Å². The highest BCUT2D eigenvalue weighted by Gasteiger charge is 2.18. The first kappa shape index (κ1) is 18.6. The minimum absolute atomic E-state index is 0.466. The average molecular weight is 391 g/mol. The summed E-state index contributed by atoms with van der Waals surface area (Å²) >= 11 is 0. The van der Waals surface area contributed by atoms with Crippen molar-refractivity contribution in [1.82, 2.24) is 30.2 Å². The minimum Gasteiger partial charge on any atom is -0.490 e. The maximum absolute atomic E-state index is 5.89. The predicted octanol–water partition coefficient (Wildman–Crippen LogP) is 2.71.